The number of hydrogen-bond donors (Lipinski definition) is 1. The van der Waals surface area contributed by atoms with Crippen LogP contribution in [0.1, 0.15) is 28.9 Å². The van der Waals surface area contributed by atoms with Crippen LogP contribution < -0.4 is 5.73 Å². The van der Waals surface area contributed by atoms with E-state index in [9.17, 15) is 4.79 Å². The highest BCUT2D eigenvalue weighted by molar-refractivity contribution is 5.88. The minimum Gasteiger partial charge on any atom is -0.462 e. The molecule has 19 heavy (non-hydrogen) atoms. The summed E-state index contributed by atoms with van der Waals surface area (Å²) in [5, 5.41) is 4.18. The molecule has 0 aliphatic heterocycles. The molecule has 1 unspecified atom stereocenters. The molecule has 100 valence electrons. The Kier molecular flexibility index (Phi) is 4.25. The lowest BCUT2D eigenvalue weighted by Crippen LogP contribution is -2.21. The third-order valence-electron chi connectivity index (χ3n) is 2.75. The number of carbonyl (C=O) groups excluding carboxylic acids is 1. The van der Waals surface area contributed by atoms with Crippen LogP contribution in [0.3, 0.4) is 0 Å². The molecular formula is C13H16N4O2. The van der Waals surface area contributed by atoms with Crippen molar-refractivity contribution in [2.75, 3.05) is 13.2 Å². The Balaban J connectivity index is 2.23. The van der Waals surface area contributed by atoms with Crippen LogP contribution in [-0.2, 0) is 4.74 Å². The van der Waals surface area contributed by atoms with Gasteiger partial charge < -0.3 is 10.5 Å². The normalized spacial score (nSPS) is 12.1. The second-order valence-electron chi connectivity index (χ2n) is 3.96. The Morgan fingerprint density at radius 2 is 2.21 bits per heavy atom. The van der Waals surface area contributed by atoms with Crippen LogP contribution >= 0.6 is 0 Å². The van der Waals surface area contributed by atoms with E-state index in [1.165, 1.54) is 6.20 Å². The van der Waals surface area contributed by atoms with Crippen LogP contribution in [0.4, 0.5) is 0 Å². The summed E-state index contributed by atoms with van der Waals surface area (Å²) in [4.78, 5) is 15.6. The third kappa shape index (κ3) is 2.97. The molecule has 0 aliphatic carbocycles. The van der Waals surface area contributed by atoms with Gasteiger partial charge in [0.2, 0.25) is 0 Å². The Labute approximate surface area is 111 Å². The maximum absolute atomic E-state index is 11.6. The predicted molar refractivity (Wildman–Crippen MR) is 69.6 cm³/mol. The molecule has 0 radical (unpaired) electrons. The van der Waals surface area contributed by atoms with E-state index in [2.05, 4.69) is 10.1 Å². The topological polar surface area (TPSA) is 83.0 Å². The fourth-order valence-electron chi connectivity index (χ4n) is 1.81. The van der Waals surface area contributed by atoms with E-state index in [4.69, 9.17) is 10.5 Å². The van der Waals surface area contributed by atoms with E-state index in [1.54, 1.807) is 30.2 Å². The maximum atomic E-state index is 11.6. The molecule has 1 atom stereocenters. The Bertz CT molecular complexity index is 539. The summed E-state index contributed by atoms with van der Waals surface area (Å²) in [5.41, 5.74) is 7.21. The number of esters is 1. The zero-order valence-electron chi connectivity index (χ0n) is 10.7. The van der Waals surface area contributed by atoms with Crippen LogP contribution in [-0.4, -0.2) is 33.9 Å². The average molecular weight is 260 g/mol. The zero-order chi connectivity index (χ0) is 13.7. The van der Waals surface area contributed by atoms with Crippen molar-refractivity contribution in [2.45, 2.75) is 13.0 Å². The molecule has 0 amide bonds. The van der Waals surface area contributed by atoms with Gasteiger partial charge in [-0.25, -0.2) is 4.79 Å². The molecular weight excluding hydrogens is 244 g/mol. The molecule has 0 fully saturated rings. The molecule has 0 saturated heterocycles. The fraction of sp³-hybridized carbons (Fsp3) is 0.308. The van der Waals surface area contributed by atoms with Crippen molar-refractivity contribution in [1.29, 1.82) is 0 Å². The first-order chi connectivity index (χ1) is 9.26. The monoisotopic (exact) mass is 260 g/mol. The number of nitrogens with two attached hydrogens (primary N) is 1. The lowest BCUT2D eigenvalue weighted by Gasteiger charge is -2.15. The summed E-state index contributed by atoms with van der Waals surface area (Å²) < 4.78 is 6.60. The fourth-order valence-corrected chi connectivity index (χ4v) is 1.81. The third-order valence-corrected chi connectivity index (χ3v) is 2.75. The van der Waals surface area contributed by atoms with Gasteiger partial charge in [0.1, 0.15) is 0 Å². The van der Waals surface area contributed by atoms with E-state index in [-0.39, 0.29) is 12.0 Å². The summed E-state index contributed by atoms with van der Waals surface area (Å²) in [6, 6.07) is 3.64. The minimum absolute atomic E-state index is 0.119. The van der Waals surface area contributed by atoms with Crippen molar-refractivity contribution in [3.8, 4) is 0 Å². The highest BCUT2D eigenvalue weighted by Gasteiger charge is 2.16. The summed E-state index contributed by atoms with van der Waals surface area (Å²) in [5.74, 6) is -0.376. The molecule has 2 N–H and O–H groups in total. The van der Waals surface area contributed by atoms with Crippen molar-refractivity contribution in [2.24, 2.45) is 5.73 Å². The van der Waals surface area contributed by atoms with Crippen molar-refractivity contribution in [1.82, 2.24) is 14.8 Å². The van der Waals surface area contributed by atoms with E-state index >= 15 is 0 Å². The lowest BCUT2D eigenvalue weighted by atomic mass is 10.1. The second-order valence-corrected chi connectivity index (χ2v) is 3.96. The molecule has 0 spiro atoms. The van der Waals surface area contributed by atoms with E-state index < -0.39 is 0 Å². The smallest absolute Gasteiger partial charge is 0.341 e. The summed E-state index contributed by atoms with van der Waals surface area (Å²) in [7, 11) is 0. The average Bonchev–Trinajstić information content (AvgIpc) is 2.91. The molecule has 2 heterocycles. The number of aromatic nitrogens is 3. The van der Waals surface area contributed by atoms with Gasteiger partial charge in [0.05, 0.1) is 24.4 Å². The second kappa shape index (κ2) is 6.10. The van der Waals surface area contributed by atoms with Gasteiger partial charge in [-0.15, -0.1) is 0 Å². The van der Waals surface area contributed by atoms with Crippen molar-refractivity contribution in [3.05, 3.63) is 48.0 Å². The van der Waals surface area contributed by atoms with Crippen LogP contribution in [0.25, 0.3) is 0 Å². The van der Waals surface area contributed by atoms with Gasteiger partial charge >= 0.3 is 5.97 Å². The van der Waals surface area contributed by atoms with Gasteiger partial charge in [-0.1, -0.05) is 0 Å². The molecule has 0 saturated carbocycles. The van der Waals surface area contributed by atoms with Gasteiger partial charge in [-0.2, -0.15) is 5.10 Å². The summed E-state index contributed by atoms with van der Waals surface area (Å²) >= 11 is 0. The maximum Gasteiger partial charge on any atom is 0.341 e. The van der Waals surface area contributed by atoms with E-state index in [0.717, 1.165) is 5.56 Å². The SMILES string of the molecule is CCOC(=O)c1cnn(C(CN)c2ccncc2)c1. The molecule has 0 aliphatic rings. The van der Waals surface area contributed by atoms with Crippen LogP contribution in [0.2, 0.25) is 0 Å². The van der Waals surface area contributed by atoms with Gasteiger partial charge in [-0.3, -0.25) is 9.67 Å². The number of rotatable bonds is 5. The molecule has 0 bridgehead atoms. The number of ether oxygens (including phenoxy) is 1. The largest absolute Gasteiger partial charge is 0.462 e. The first-order valence-electron chi connectivity index (χ1n) is 6.07. The number of carbonyl (C=O) groups is 1. The van der Waals surface area contributed by atoms with E-state index in [0.29, 0.717) is 18.7 Å². The first-order valence-corrected chi connectivity index (χ1v) is 6.07. The Morgan fingerprint density at radius 1 is 1.47 bits per heavy atom. The minimum atomic E-state index is -0.376. The first kappa shape index (κ1) is 13.2. The summed E-state index contributed by atoms with van der Waals surface area (Å²) in [6.07, 6.45) is 6.54. The summed E-state index contributed by atoms with van der Waals surface area (Å²) in [6.45, 7) is 2.49. The quantitative estimate of drug-likeness (QED) is 0.811. The molecule has 2 rings (SSSR count). The number of hydrogen-bond acceptors (Lipinski definition) is 5. The Hall–Kier alpha value is -2.21. The molecule has 0 aromatic carbocycles. The van der Waals surface area contributed by atoms with Gasteiger partial charge in [0.15, 0.2) is 0 Å². The number of pyridine rings is 1. The van der Waals surface area contributed by atoms with Crippen molar-refractivity contribution < 1.29 is 9.53 Å². The highest BCUT2D eigenvalue weighted by Crippen LogP contribution is 2.16. The highest BCUT2D eigenvalue weighted by atomic mass is 16.5. The molecule has 2 aromatic rings. The predicted octanol–water partition coefficient (Wildman–Crippen LogP) is 1.00. The molecule has 6 nitrogen and oxygen atoms in total. The molecule has 2 aromatic heterocycles. The van der Waals surface area contributed by atoms with E-state index in [1.807, 2.05) is 12.1 Å². The molecule has 6 heteroatoms. The van der Waals surface area contributed by atoms with Crippen molar-refractivity contribution in [3.63, 3.8) is 0 Å². The Morgan fingerprint density at radius 3 is 2.84 bits per heavy atom. The number of nitrogens with zero attached hydrogens (tertiary/aromatic N) is 3. The van der Waals surface area contributed by atoms with Crippen LogP contribution in [0.15, 0.2) is 36.9 Å². The van der Waals surface area contributed by atoms with Gasteiger partial charge in [-0.05, 0) is 24.6 Å². The van der Waals surface area contributed by atoms with Crippen LogP contribution in [0, 0.1) is 0 Å². The van der Waals surface area contributed by atoms with Crippen molar-refractivity contribution >= 4 is 5.97 Å². The van der Waals surface area contributed by atoms with Gasteiger partial charge in [0.25, 0.3) is 0 Å². The zero-order valence-corrected chi connectivity index (χ0v) is 10.7. The van der Waals surface area contributed by atoms with Crippen LogP contribution in [0.5, 0.6) is 0 Å². The lowest BCUT2D eigenvalue weighted by molar-refractivity contribution is 0.0526. The van der Waals surface area contributed by atoms with Gasteiger partial charge in [0, 0.05) is 25.1 Å². The standard InChI is InChI=1S/C13H16N4O2/c1-2-19-13(18)11-8-16-17(9-11)12(7-14)10-3-5-15-6-4-10/h3-6,8-9,12H,2,7,14H2,1H3.